The van der Waals surface area contributed by atoms with Crippen LogP contribution in [0.5, 0.6) is 0 Å². The summed E-state index contributed by atoms with van der Waals surface area (Å²) in [7, 11) is -3.79. The predicted octanol–water partition coefficient (Wildman–Crippen LogP) is -0.491. The Morgan fingerprint density at radius 3 is 2.47 bits per heavy atom. The molecule has 8 heteroatoms. The first-order valence-electron chi connectivity index (χ1n) is 4.71. The van der Waals surface area contributed by atoms with Crippen LogP contribution < -0.4 is 10.5 Å². The molecule has 0 radical (unpaired) electrons. The standard InChI is InChI=1S/C7H15F2N3O2S/c8-7(9)5-12(4-3-10)15(13,14)11-6-1-2-6/h6-7,11H,1-5,10H2. The van der Waals surface area contributed by atoms with Gasteiger partial charge in [-0.05, 0) is 12.8 Å². The van der Waals surface area contributed by atoms with Gasteiger partial charge in [-0.2, -0.15) is 17.4 Å². The van der Waals surface area contributed by atoms with Crippen LogP contribution in [0.25, 0.3) is 0 Å². The minimum absolute atomic E-state index is 0.0261. The molecule has 0 amide bonds. The monoisotopic (exact) mass is 243 g/mol. The van der Waals surface area contributed by atoms with E-state index in [-0.39, 0.29) is 19.1 Å². The Morgan fingerprint density at radius 2 is 2.07 bits per heavy atom. The number of halogens is 2. The van der Waals surface area contributed by atoms with Crippen LogP contribution in [0, 0.1) is 0 Å². The van der Waals surface area contributed by atoms with E-state index >= 15 is 0 Å². The zero-order chi connectivity index (χ0) is 11.5. The SMILES string of the molecule is NCCN(CC(F)F)S(=O)(=O)NC1CC1. The molecular formula is C7H15F2N3O2S. The normalized spacial score (nSPS) is 17.7. The lowest BCUT2D eigenvalue weighted by atomic mass is 10.6. The Bertz CT molecular complexity index is 293. The maximum absolute atomic E-state index is 12.1. The highest BCUT2D eigenvalue weighted by Gasteiger charge is 2.31. The van der Waals surface area contributed by atoms with E-state index in [1.165, 1.54) is 0 Å². The number of nitrogens with two attached hydrogens (primary N) is 1. The summed E-state index contributed by atoms with van der Waals surface area (Å²) < 4.78 is 50.3. The maximum Gasteiger partial charge on any atom is 0.279 e. The summed E-state index contributed by atoms with van der Waals surface area (Å²) >= 11 is 0. The summed E-state index contributed by atoms with van der Waals surface area (Å²) in [4.78, 5) is 0. The van der Waals surface area contributed by atoms with Gasteiger partial charge in [0.05, 0.1) is 6.54 Å². The second kappa shape index (κ2) is 5.15. The Morgan fingerprint density at radius 1 is 1.47 bits per heavy atom. The van der Waals surface area contributed by atoms with Crippen molar-refractivity contribution < 1.29 is 17.2 Å². The third-order valence-corrected chi connectivity index (χ3v) is 3.60. The molecule has 0 aromatic heterocycles. The number of alkyl halides is 2. The van der Waals surface area contributed by atoms with E-state index in [2.05, 4.69) is 4.72 Å². The lowest BCUT2D eigenvalue weighted by molar-refractivity contribution is 0.120. The molecular weight excluding hydrogens is 228 g/mol. The molecule has 1 aliphatic carbocycles. The van der Waals surface area contributed by atoms with Crippen molar-refractivity contribution in [1.82, 2.24) is 9.03 Å². The fourth-order valence-corrected chi connectivity index (χ4v) is 2.55. The van der Waals surface area contributed by atoms with Crippen molar-refractivity contribution in [3.05, 3.63) is 0 Å². The molecule has 15 heavy (non-hydrogen) atoms. The number of nitrogens with zero attached hydrogens (tertiary/aromatic N) is 1. The van der Waals surface area contributed by atoms with Gasteiger partial charge in [-0.1, -0.05) is 0 Å². The summed E-state index contributed by atoms with van der Waals surface area (Å²) in [6.45, 7) is -0.871. The molecule has 90 valence electrons. The number of hydrogen-bond donors (Lipinski definition) is 2. The molecule has 0 aromatic carbocycles. The topological polar surface area (TPSA) is 75.4 Å². The highest BCUT2D eigenvalue weighted by Crippen LogP contribution is 2.20. The summed E-state index contributed by atoms with van der Waals surface area (Å²) in [5.41, 5.74) is 5.17. The highest BCUT2D eigenvalue weighted by molar-refractivity contribution is 7.87. The summed E-state index contributed by atoms with van der Waals surface area (Å²) in [6.07, 6.45) is -1.15. The van der Waals surface area contributed by atoms with Crippen molar-refractivity contribution in [3.63, 3.8) is 0 Å². The van der Waals surface area contributed by atoms with Crippen LogP contribution in [-0.4, -0.2) is 44.8 Å². The van der Waals surface area contributed by atoms with Crippen LogP contribution in [0.4, 0.5) is 8.78 Å². The zero-order valence-electron chi connectivity index (χ0n) is 8.20. The van der Waals surface area contributed by atoms with Gasteiger partial charge in [0.2, 0.25) is 0 Å². The number of nitrogens with one attached hydrogen (secondary N) is 1. The fraction of sp³-hybridized carbons (Fsp3) is 1.00. The molecule has 1 fully saturated rings. The van der Waals surface area contributed by atoms with Gasteiger partial charge in [0.1, 0.15) is 0 Å². The van der Waals surface area contributed by atoms with E-state index in [9.17, 15) is 17.2 Å². The molecule has 0 heterocycles. The smallest absolute Gasteiger partial charge is 0.279 e. The van der Waals surface area contributed by atoms with Crippen LogP contribution in [0.3, 0.4) is 0 Å². The van der Waals surface area contributed by atoms with Gasteiger partial charge in [0, 0.05) is 19.1 Å². The average molecular weight is 243 g/mol. The largest absolute Gasteiger partial charge is 0.329 e. The Balaban J connectivity index is 2.58. The lowest BCUT2D eigenvalue weighted by Crippen LogP contribution is -2.45. The van der Waals surface area contributed by atoms with E-state index < -0.39 is 23.2 Å². The molecule has 0 spiro atoms. The molecule has 1 aliphatic rings. The highest BCUT2D eigenvalue weighted by atomic mass is 32.2. The van der Waals surface area contributed by atoms with Crippen LogP contribution in [0.2, 0.25) is 0 Å². The van der Waals surface area contributed by atoms with Gasteiger partial charge >= 0.3 is 0 Å². The van der Waals surface area contributed by atoms with Crippen LogP contribution in [0.15, 0.2) is 0 Å². The number of hydrogen-bond acceptors (Lipinski definition) is 3. The Kier molecular flexibility index (Phi) is 4.38. The van der Waals surface area contributed by atoms with Gasteiger partial charge in [0.25, 0.3) is 16.6 Å². The van der Waals surface area contributed by atoms with Crippen molar-refractivity contribution in [2.75, 3.05) is 19.6 Å². The van der Waals surface area contributed by atoms with Crippen molar-refractivity contribution in [1.29, 1.82) is 0 Å². The van der Waals surface area contributed by atoms with E-state index in [1.807, 2.05) is 0 Å². The summed E-state index contributed by atoms with van der Waals surface area (Å²) in [5, 5.41) is 0. The second-order valence-corrected chi connectivity index (χ2v) is 5.14. The Hall–Kier alpha value is -0.310. The summed E-state index contributed by atoms with van der Waals surface area (Å²) in [6, 6.07) is -0.0899. The van der Waals surface area contributed by atoms with E-state index in [4.69, 9.17) is 5.73 Å². The number of rotatable bonds is 7. The van der Waals surface area contributed by atoms with E-state index in [0.717, 1.165) is 12.8 Å². The van der Waals surface area contributed by atoms with Gasteiger partial charge < -0.3 is 5.73 Å². The van der Waals surface area contributed by atoms with Crippen molar-refractivity contribution >= 4 is 10.2 Å². The molecule has 5 nitrogen and oxygen atoms in total. The van der Waals surface area contributed by atoms with Gasteiger partial charge in [-0.3, -0.25) is 0 Å². The first-order valence-corrected chi connectivity index (χ1v) is 6.15. The van der Waals surface area contributed by atoms with Gasteiger partial charge in [0.15, 0.2) is 0 Å². The van der Waals surface area contributed by atoms with Crippen molar-refractivity contribution in [2.45, 2.75) is 25.3 Å². The van der Waals surface area contributed by atoms with Crippen LogP contribution in [0.1, 0.15) is 12.8 Å². The molecule has 0 bridgehead atoms. The third-order valence-electron chi connectivity index (χ3n) is 1.95. The van der Waals surface area contributed by atoms with E-state index in [0.29, 0.717) is 4.31 Å². The minimum Gasteiger partial charge on any atom is -0.329 e. The maximum atomic E-state index is 12.1. The molecule has 0 saturated heterocycles. The molecule has 3 N–H and O–H groups in total. The molecule has 0 aromatic rings. The van der Waals surface area contributed by atoms with Crippen molar-refractivity contribution in [2.24, 2.45) is 5.73 Å². The first kappa shape index (κ1) is 12.8. The van der Waals surface area contributed by atoms with E-state index in [1.54, 1.807) is 0 Å². The molecule has 1 saturated carbocycles. The quantitative estimate of drug-likeness (QED) is 0.633. The van der Waals surface area contributed by atoms with Crippen LogP contribution >= 0.6 is 0 Å². The second-order valence-electron chi connectivity index (χ2n) is 3.43. The molecule has 1 rings (SSSR count). The first-order chi connectivity index (χ1) is 6.95. The Labute approximate surface area is 87.8 Å². The van der Waals surface area contributed by atoms with Gasteiger partial charge in [-0.25, -0.2) is 8.78 Å². The molecule has 0 aliphatic heterocycles. The fourth-order valence-electron chi connectivity index (χ4n) is 1.09. The predicted molar refractivity (Wildman–Crippen MR) is 51.7 cm³/mol. The van der Waals surface area contributed by atoms with Gasteiger partial charge in [-0.15, -0.1) is 0 Å². The zero-order valence-corrected chi connectivity index (χ0v) is 9.01. The lowest BCUT2D eigenvalue weighted by Gasteiger charge is -2.21. The minimum atomic E-state index is -3.79. The van der Waals surface area contributed by atoms with Crippen LogP contribution in [-0.2, 0) is 10.2 Å². The molecule has 0 atom stereocenters. The molecule has 0 unspecified atom stereocenters. The van der Waals surface area contributed by atoms with Crippen molar-refractivity contribution in [3.8, 4) is 0 Å². The third kappa shape index (κ3) is 4.37. The summed E-state index contributed by atoms with van der Waals surface area (Å²) in [5.74, 6) is 0. The average Bonchev–Trinajstić information content (AvgIpc) is 2.86.